The number of hydrogen-bond donors (Lipinski definition) is 1. The van der Waals surface area contributed by atoms with Crippen LogP contribution in [0.5, 0.6) is 0 Å². The highest BCUT2D eigenvalue weighted by atomic mass is 79.9. The van der Waals surface area contributed by atoms with Crippen molar-refractivity contribution in [3.05, 3.63) is 58.2 Å². The number of carboxylic acids is 1. The largest absolute Gasteiger partial charge is 0.478 e. The van der Waals surface area contributed by atoms with Gasteiger partial charge in [0.05, 0.1) is 0 Å². The first-order valence-corrected chi connectivity index (χ1v) is 6.48. The zero-order chi connectivity index (χ0) is 15.6. The zero-order valence-electron chi connectivity index (χ0n) is 10.5. The first-order chi connectivity index (χ1) is 9.80. The quantitative estimate of drug-likeness (QED) is 0.830. The van der Waals surface area contributed by atoms with Crippen LogP contribution in [-0.4, -0.2) is 21.2 Å². The highest BCUT2D eigenvalue weighted by molar-refractivity contribution is 9.10. The van der Waals surface area contributed by atoms with Crippen molar-refractivity contribution in [1.29, 1.82) is 0 Å². The van der Waals surface area contributed by atoms with Crippen LogP contribution in [0.4, 0.5) is 8.78 Å². The number of halogens is 3. The predicted octanol–water partition coefficient (Wildman–Crippen LogP) is 3.16. The Hall–Kier alpha value is -2.09. The van der Waals surface area contributed by atoms with Crippen molar-refractivity contribution >= 4 is 21.9 Å². The third-order valence-electron chi connectivity index (χ3n) is 2.62. The minimum atomic E-state index is -3.46. The second-order valence-electron chi connectivity index (χ2n) is 4.18. The van der Waals surface area contributed by atoms with Gasteiger partial charge in [-0.05, 0) is 12.1 Å². The summed E-state index contributed by atoms with van der Waals surface area (Å²) in [6.45, 7) is 3.27. The molecule has 1 heterocycles. The monoisotopic (exact) mass is 358 g/mol. The molecular weight excluding hydrogens is 350 g/mol. The van der Waals surface area contributed by atoms with E-state index >= 15 is 0 Å². The van der Waals surface area contributed by atoms with Gasteiger partial charge in [0, 0.05) is 22.0 Å². The van der Waals surface area contributed by atoms with Crippen LogP contribution in [0.15, 0.2) is 45.4 Å². The van der Waals surface area contributed by atoms with E-state index in [0.29, 0.717) is 4.47 Å². The lowest BCUT2D eigenvalue weighted by Crippen LogP contribution is -2.16. The zero-order valence-corrected chi connectivity index (χ0v) is 12.1. The molecule has 1 aromatic heterocycles. The normalized spacial score (nSPS) is 11.4. The molecule has 0 fully saturated rings. The van der Waals surface area contributed by atoms with Crippen LogP contribution in [0.1, 0.15) is 17.3 Å². The molecule has 2 rings (SSSR count). The lowest BCUT2D eigenvalue weighted by atomic mass is 10.1. The molecule has 0 aliphatic heterocycles. The van der Waals surface area contributed by atoms with E-state index in [2.05, 4.69) is 37.2 Å². The van der Waals surface area contributed by atoms with Gasteiger partial charge < -0.3 is 9.63 Å². The van der Waals surface area contributed by atoms with Gasteiger partial charge in [0.1, 0.15) is 0 Å². The molecule has 0 amide bonds. The number of hydrogen-bond acceptors (Lipinski definition) is 4. The second kappa shape index (κ2) is 5.72. The topological polar surface area (TPSA) is 76.2 Å². The molecule has 5 nitrogen and oxygen atoms in total. The van der Waals surface area contributed by atoms with Gasteiger partial charge in [0.25, 0.3) is 0 Å². The predicted molar refractivity (Wildman–Crippen MR) is 71.9 cm³/mol. The fourth-order valence-electron chi connectivity index (χ4n) is 1.50. The number of aliphatic carboxylic acids is 1. The van der Waals surface area contributed by atoms with Crippen molar-refractivity contribution in [2.75, 3.05) is 0 Å². The molecule has 0 saturated heterocycles. The van der Waals surface area contributed by atoms with Crippen LogP contribution in [-0.2, 0) is 17.1 Å². The maximum Gasteiger partial charge on any atom is 0.350 e. The number of carbonyl (C=O) groups is 1. The van der Waals surface area contributed by atoms with Crippen molar-refractivity contribution in [3.8, 4) is 0 Å². The van der Waals surface area contributed by atoms with Crippen molar-refractivity contribution < 1.29 is 23.2 Å². The first-order valence-electron chi connectivity index (χ1n) is 5.68. The van der Waals surface area contributed by atoms with Crippen LogP contribution in [0.3, 0.4) is 0 Å². The fourth-order valence-corrected chi connectivity index (χ4v) is 1.77. The van der Waals surface area contributed by atoms with Gasteiger partial charge in [-0.15, -0.1) is 0 Å². The molecule has 0 aliphatic rings. The fraction of sp³-hybridized carbons (Fsp3) is 0.154. The Morgan fingerprint density at radius 3 is 2.57 bits per heavy atom. The summed E-state index contributed by atoms with van der Waals surface area (Å²) in [6, 6.07) is 5.38. The van der Waals surface area contributed by atoms with Crippen molar-refractivity contribution in [2.24, 2.45) is 0 Å². The Morgan fingerprint density at radius 2 is 2.00 bits per heavy atom. The van der Waals surface area contributed by atoms with Gasteiger partial charge in [-0.25, -0.2) is 4.79 Å². The number of nitrogens with zero attached hydrogens (tertiary/aromatic N) is 2. The molecule has 0 atom stereocenters. The highest BCUT2D eigenvalue weighted by Gasteiger charge is 2.40. The minimum absolute atomic E-state index is 0.158. The average Bonchev–Trinajstić information content (AvgIpc) is 2.88. The summed E-state index contributed by atoms with van der Waals surface area (Å²) in [6.07, 6.45) is -0.269. The molecule has 1 N–H and O–H groups in total. The maximum atomic E-state index is 14.2. The molecule has 0 bridgehead atoms. The lowest BCUT2D eigenvalue weighted by Gasteiger charge is -2.11. The van der Waals surface area contributed by atoms with E-state index in [1.165, 1.54) is 24.3 Å². The highest BCUT2D eigenvalue weighted by Crippen LogP contribution is 2.35. The number of benzene rings is 1. The molecule has 0 unspecified atom stereocenters. The van der Waals surface area contributed by atoms with E-state index in [9.17, 15) is 13.6 Å². The van der Waals surface area contributed by atoms with Gasteiger partial charge in [-0.3, -0.25) is 0 Å². The van der Waals surface area contributed by atoms with E-state index in [4.69, 9.17) is 5.11 Å². The van der Waals surface area contributed by atoms with Crippen molar-refractivity contribution in [1.82, 2.24) is 10.1 Å². The molecule has 8 heteroatoms. The Kier molecular flexibility index (Phi) is 4.17. The smallest absolute Gasteiger partial charge is 0.350 e. The molecule has 2 aromatic rings. The standard InChI is InChI=1S/C13H9BrF2N2O3/c1-7(11(19)20)6-10-17-12(21-18-10)13(15,16)8-2-4-9(14)5-3-8/h2-5H,1,6H2,(H,19,20). The molecule has 0 aliphatic carbocycles. The van der Waals surface area contributed by atoms with Crippen molar-refractivity contribution in [3.63, 3.8) is 0 Å². The Bertz CT molecular complexity index is 683. The van der Waals surface area contributed by atoms with E-state index in [-0.39, 0.29) is 23.4 Å². The van der Waals surface area contributed by atoms with Gasteiger partial charge >= 0.3 is 17.8 Å². The SMILES string of the molecule is C=C(Cc1noc(C(F)(F)c2ccc(Br)cc2)n1)C(=O)O. The third-order valence-corrected chi connectivity index (χ3v) is 3.15. The Labute approximate surface area is 126 Å². The van der Waals surface area contributed by atoms with Crippen LogP contribution in [0.25, 0.3) is 0 Å². The molecule has 0 saturated carbocycles. The summed E-state index contributed by atoms with van der Waals surface area (Å²) in [5.41, 5.74) is -0.521. The minimum Gasteiger partial charge on any atom is -0.478 e. The van der Waals surface area contributed by atoms with E-state index in [1.807, 2.05) is 0 Å². The van der Waals surface area contributed by atoms with Gasteiger partial charge in [0.15, 0.2) is 5.82 Å². The third kappa shape index (κ3) is 3.33. The summed E-state index contributed by atoms with van der Waals surface area (Å²) in [5.74, 6) is -5.76. The van der Waals surface area contributed by atoms with Crippen LogP contribution < -0.4 is 0 Å². The Morgan fingerprint density at radius 1 is 1.38 bits per heavy atom. The number of alkyl halides is 2. The maximum absolute atomic E-state index is 14.2. The van der Waals surface area contributed by atoms with E-state index in [0.717, 1.165) is 0 Å². The van der Waals surface area contributed by atoms with Crippen LogP contribution >= 0.6 is 15.9 Å². The molecule has 21 heavy (non-hydrogen) atoms. The van der Waals surface area contributed by atoms with Gasteiger partial charge in [0.2, 0.25) is 0 Å². The number of carboxylic acid groups (broad SMARTS) is 1. The molecule has 1 aromatic carbocycles. The van der Waals surface area contributed by atoms with E-state index in [1.54, 1.807) is 0 Å². The summed E-state index contributed by atoms with van der Waals surface area (Å²) in [4.78, 5) is 14.2. The summed E-state index contributed by atoms with van der Waals surface area (Å²) < 4.78 is 33.6. The van der Waals surface area contributed by atoms with Crippen LogP contribution in [0.2, 0.25) is 0 Å². The molecule has 110 valence electrons. The van der Waals surface area contributed by atoms with Crippen molar-refractivity contribution in [2.45, 2.75) is 12.3 Å². The molecule has 0 spiro atoms. The van der Waals surface area contributed by atoms with E-state index < -0.39 is 17.8 Å². The average molecular weight is 359 g/mol. The molecule has 0 radical (unpaired) electrons. The van der Waals surface area contributed by atoms with Crippen LogP contribution in [0, 0.1) is 0 Å². The Balaban J connectivity index is 2.25. The molecular formula is C13H9BrF2N2O3. The lowest BCUT2D eigenvalue weighted by molar-refractivity contribution is -0.132. The second-order valence-corrected chi connectivity index (χ2v) is 5.10. The summed E-state index contributed by atoms with van der Waals surface area (Å²) in [7, 11) is 0. The summed E-state index contributed by atoms with van der Waals surface area (Å²) >= 11 is 3.15. The summed E-state index contributed by atoms with van der Waals surface area (Å²) in [5, 5.41) is 12.0. The van der Waals surface area contributed by atoms with Gasteiger partial charge in [-0.2, -0.15) is 13.8 Å². The first kappa shape index (κ1) is 15.3. The van der Waals surface area contributed by atoms with Gasteiger partial charge in [-0.1, -0.05) is 39.8 Å². The number of aromatic nitrogens is 2. The number of rotatable bonds is 5.